The average Bonchev–Trinajstić information content (AvgIpc) is 2.28. The van der Waals surface area contributed by atoms with Crippen LogP contribution in [0.25, 0.3) is 0 Å². The van der Waals surface area contributed by atoms with Gasteiger partial charge in [-0.05, 0) is 41.0 Å². The molecule has 0 N–H and O–H groups in total. The number of ether oxygens (including phenoxy) is 3. The number of methoxy groups -OCH3 is 1. The Labute approximate surface area is 159 Å². The molecule has 0 amide bonds. The van der Waals surface area contributed by atoms with Crippen LogP contribution in [0.2, 0.25) is 0 Å². The normalized spacial score (nSPS) is 9.20. The van der Waals surface area contributed by atoms with Crippen molar-refractivity contribution in [3.8, 4) is 0 Å². The van der Waals surface area contributed by atoms with Crippen molar-refractivity contribution in [2.75, 3.05) is 26.9 Å². The molecule has 160 valence electrons. The lowest BCUT2D eigenvalue weighted by molar-refractivity contribution is -0.162. The Bertz CT molecular complexity index is 309. The monoisotopic (exact) mass is 370 g/mol. The third kappa shape index (κ3) is 16.1. The summed E-state index contributed by atoms with van der Waals surface area (Å²) in [5.74, 6) is -0.630. The van der Waals surface area contributed by atoms with E-state index in [9.17, 15) is 9.59 Å². The van der Waals surface area contributed by atoms with Gasteiger partial charge in [0.25, 0.3) is 0 Å². The summed E-state index contributed by atoms with van der Waals surface area (Å²) in [5, 5.41) is 0. The van der Waals surface area contributed by atoms with Gasteiger partial charge in [0.2, 0.25) is 0 Å². The van der Waals surface area contributed by atoms with E-state index in [1.165, 1.54) is 0 Å². The molecular formula is C20H50O5. The van der Waals surface area contributed by atoms with Gasteiger partial charge in [-0.3, -0.25) is 9.59 Å². The van der Waals surface area contributed by atoms with Crippen molar-refractivity contribution in [1.82, 2.24) is 0 Å². The van der Waals surface area contributed by atoms with Gasteiger partial charge in [-0.15, -0.1) is 0 Å². The molecule has 0 saturated carbocycles. The lowest BCUT2D eigenvalue weighted by Crippen LogP contribution is -2.37. The number of esters is 2. The second-order valence-electron chi connectivity index (χ2n) is 5.79. The van der Waals surface area contributed by atoms with E-state index >= 15 is 0 Å². The van der Waals surface area contributed by atoms with Gasteiger partial charge >= 0.3 is 11.9 Å². The number of carbonyl (C=O) groups is 2. The van der Waals surface area contributed by atoms with Gasteiger partial charge in [0.1, 0.15) is 6.61 Å². The molecule has 0 unspecified atom stereocenters. The van der Waals surface area contributed by atoms with Crippen molar-refractivity contribution in [3.05, 3.63) is 0 Å². The quantitative estimate of drug-likeness (QED) is 0.387. The van der Waals surface area contributed by atoms with Crippen LogP contribution < -0.4 is 0 Å². The molecule has 0 atom stereocenters. The summed E-state index contributed by atoms with van der Waals surface area (Å²) in [7, 11) is 1.54. The summed E-state index contributed by atoms with van der Waals surface area (Å²) in [5.41, 5.74) is -1.47. The van der Waals surface area contributed by atoms with Gasteiger partial charge in [0.15, 0.2) is 0 Å². The smallest absolute Gasteiger partial charge is 0.311 e. The maximum Gasteiger partial charge on any atom is 0.311 e. The molecule has 0 bridgehead atoms. The van der Waals surface area contributed by atoms with E-state index in [-0.39, 0.29) is 63.1 Å². The van der Waals surface area contributed by atoms with Crippen LogP contribution in [0.4, 0.5) is 0 Å². The third-order valence-corrected chi connectivity index (χ3v) is 2.79. The van der Waals surface area contributed by atoms with E-state index in [1.54, 1.807) is 41.7 Å². The van der Waals surface area contributed by atoms with Gasteiger partial charge < -0.3 is 14.2 Å². The standard InChI is InChI=1S/C14H26O5.6CH4/c1-7-18-11(15)13(2,3)10-14(4,5)12(16)19-9-8-17-6;;;;;;/h7-10H2,1-6H3;6*1H4. The minimum absolute atomic E-state index is 0. The molecule has 0 aromatic rings. The zero-order valence-electron chi connectivity index (χ0n) is 12.9. The largest absolute Gasteiger partial charge is 0.466 e. The fourth-order valence-corrected chi connectivity index (χ4v) is 1.99. The fourth-order valence-electron chi connectivity index (χ4n) is 1.99. The topological polar surface area (TPSA) is 61.8 Å². The Morgan fingerprint density at radius 3 is 1.40 bits per heavy atom. The second kappa shape index (κ2) is 19.2. The highest BCUT2D eigenvalue weighted by Gasteiger charge is 2.40. The van der Waals surface area contributed by atoms with Crippen molar-refractivity contribution in [2.24, 2.45) is 10.8 Å². The van der Waals surface area contributed by atoms with Gasteiger partial charge in [0, 0.05) is 7.11 Å². The van der Waals surface area contributed by atoms with Crippen LogP contribution in [0.3, 0.4) is 0 Å². The molecule has 0 radical (unpaired) electrons. The molecule has 0 rings (SSSR count). The maximum absolute atomic E-state index is 12.0. The van der Waals surface area contributed by atoms with Crippen LogP contribution in [-0.2, 0) is 23.8 Å². The molecule has 0 aliphatic carbocycles. The fraction of sp³-hybridized carbons (Fsp3) is 0.900. The van der Waals surface area contributed by atoms with E-state index < -0.39 is 10.8 Å². The van der Waals surface area contributed by atoms with Crippen molar-refractivity contribution in [3.63, 3.8) is 0 Å². The summed E-state index contributed by atoms with van der Waals surface area (Å²) in [4.78, 5) is 23.8. The Kier molecular flexibility index (Phi) is 33.8. The highest BCUT2D eigenvalue weighted by molar-refractivity contribution is 5.80. The molecule has 0 fully saturated rings. The summed E-state index contributed by atoms with van der Waals surface area (Å²) in [6.45, 7) is 9.76. The molecule has 0 aromatic carbocycles. The van der Waals surface area contributed by atoms with E-state index in [0.717, 1.165) is 0 Å². The van der Waals surface area contributed by atoms with Gasteiger partial charge in [-0.1, -0.05) is 44.6 Å². The number of carbonyl (C=O) groups excluding carboxylic acids is 2. The Balaban J connectivity index is -0.000000108. The zero-order valence-corrected chi connectivity index (χ0v) is 12.9. The predicted octanol–water partition coefficient (Wildman–Crippen LogP) is 6.00. The average molecular weight is 371 g/mol. The molecule has 0 spiro atoms. The van der Waals surface area contributed by atoms with E-state index in [4.69, 9.17) is 14.2 Å². The first-order valence-corrected chi connectivity index (χ1v) is 6.50. The van der Waals surface area contributed by atoms with Gasteiger partial charge in [-0.25, -0.2) is 0 Å². The molecule has 0 saturated heterocycles. The Hall–Kier alpha value is -1.10. The molecule has 0 aliphatic rings. The minimum atomic E-state index is -0.746. The number of rotatable bonds is 8. The lowest BCUT2D eigenvalue weighted by atomic mass is 9.75. The Morgan fingerprint density at radius 2 is 1.08 bits per heavy atom. The van der Waals surface area contributed by atoms with Crippen molar-refractivity contribution >= 4 is 11.9 Å². The van der Waals surface area contributed by atoms with E-state index in [0.29, 0.717) is 19.6 Å². The predicted molar refractivity (Wildman–Crippen MR) is 112 cm³/mol. The van der Waals surface area contributed by atoms with Crippen LogP contribution in [0, 0.1) is 10.8 Å². The summed E-state index contributed by atoms with van der Waals surface area (Å²) in [6.07, 6.45) is 0.366. The zero-order chi connectivity index (χ0) is 15.1. The highest BCUT2D eigenvalue weighted by atomic mass is 16.6. The first-order valence-electron chi connectivity index (χ1n) is 6.50. The van der Waals surface area contributed by atoms with Crippen LogP contribution in [0.15, 0.2) is 0 Å². The van der Waals surface area contributed by atoms with Crippen LogP contribution in [0.1, 0.15) is 85.6 Å². The molecule has 0 aliphatic heterocycles. The molecule has 5 heteroatoms. The van der Waals surface area contributed by atoms with Gasteiger partial charge in [0.05, 0.1) is 24.0 Å². The molecule has 25 heavy (non-hydrogen) atoms. The lowest BCUT2D eigenvalue weighted by Gasteiger charge is -2.31. The number of hydrogen-bond acceptors (Lipinski definition) is 5. The first-order chi connectivity index (χ1) is 8.67. The van der Waals surface area contributed by atoms with E-state index in [2.05, 4.69) is 0 Å². The van der Waals surface area contributed by atoms with Crippen LogP contribution in [-0.4, -0.2) is 38.9 Å². The van der Waals surface area contributed by atoms with Crippen LogP contribution in [0.5, 0.6) is 0 Å². The first kappa shape index (κ1) is 43.9. The summed E-state index contributed by atoms with van der Waals surface area (Å²) >= 11 is 0. The third-order valence-electron chi connectivity index (χ3n) is 2.79. The Morgan fingerprint density at radius 1 is 0.720 bits per heavy atom. The second-order valence-corrected chi connectivity index (χ2v) is 5.79. The minimum Gasteiger partial charge on any atom is -0.466 e. The molecule has 0 aromatic heterocycles. The summed E-state index contributed by atoms with van der Waals surface area (Å²) in [6, 6.07) is 0. The molecule has 0 heterocycles. The summed E-state index contributed by atoms with van der Waals surface area (Å²) < 4.78 is 15.0. The molecule has 5 nitrogen and oxygen atoms in total. The maximum atomic E-state index is 12.0. The van der Waals surface area contributed by atoms with Crippen molar-refractivity contribution < 1.29 is 23.8 Å². The van der Waals surface area contributed by atoms with Gasteiger partial charge in [-0.2, -0.15) is 0 Å². The van der Waals surface area contributed by atoms with Crippen LogP contribution >= 0.6 is 0 Å². The highest BCUT2D eigenvalue weighted by Crippen LogP contribution is 2.35. The van der Waals surface area contributed by atoms with Crippen molar-refractivity contribution in [2.45, 2.75) is 85.6 Å². The number of hydrogen-bond donors (Lipinski definition) is 0. The van der Waals surface area contributed by atoms with Crippen molar-refractivity contribution in [1.29, 1.82) is 0 Å². The molecular weight excluding hydrogens is 320 g/mol. The SMILES string of the molecule is C.C.C.C.C.C.CCOC(=O)C(C)(C)CC(C)(C)C(=O)OCCOC. The van der Waals surface area contributed by atoms with E-state index in [1.807, 2.05) is 0 Å².